The topological polar surface area (TPSA) is 38.1 Å². The summed E-state index contributed by atoms with van der Waals surface area (Å²) < 4.78 is 5.26. The molecular weight excluding hydrogens is 208 g/mol. The van der Waals surface area contributed by atoms with E-state index in [2.05, 4.69) is 23.5 Å². The molecule has 0 radical (unpaired) electrons. The average Bonchev–Trinajstić information content (AvgIpc) is 2.85. The lowest BCUT2D eigenvalue weighted by molar-refractivity contribution is 0.361. The molecule has 1 fully saturated rings. The highest BCUT2D eigenvalue weighted by Crippen LogP contribution is 2.17. The Morgan fingerprint density at radius 3 is 3.33 bits per heavy atom. The Labute approximate surface area is 95.0 Å². The Hall–Kier alpha value is -0.480. The van der Waals surface area contributed by atoms with E-state index in [1.54, 1.807) is 0 Å². The van der Waals surface area contributed by atoms with Gasteiger partial charge in [0.1, 0.15) is 0 Å². The number of hydrogen-bond acceptors (Lipinski definition) is 4. The van der Waals surface area contributed by atoms with Crippen molar-refractivity contribution in [3.8, 4) is 0 Å². The molecule has 0 aliphatic carbocycles. The summed E-state index contributed by atoms with van der Waals surface area (Å²) in [5, 5.41) is 7.53. The minimum atomic E-state index is 0.662. The molecule has 0 spiro atoms. The quantitative estimate of drug-likeness (QED) is 0.835. The largest absolute Gasteiger partial charge is 0.360 e. The molecule has 4 heteroatoms. The molecule has 0 aromatic carbocycles. The van der Waals surface area contributed by atoms with Gasteiger partial charge in [0.25, 0.3) is 0 Å². The first-order chi connectivity index (χ1) is 7.38. The van der Waals surface area contributed by atoms with Gasteiger partial charge in [0.05, 0.1) is 12.2 Å². The molecule has 1 saturated heterocycles. The first kappa shape index (κ1) is 11.0. The second kappa shape index (κ2) is 5.56. The van der Waals surface area contributed by atoms with Gasteiger partial charge in [-0.25, -0.2) is 0 Å². The van der Waals surface area contributed by atoms with Crippen molar-refractivity contribution in [2.45, 2.75) is 38.8 Å². The fourth-order valence-electron chi connectivity index (χ4n) is 1.75. The molecule has 2 heterocycles. The van der Waals surface area contributed by atoms with Gasteiger partial charge in [-0.3, -0.25) is 0 Å². The second-order valence-corrected chi connectivity index (χ2v) is 5.13. The third-order valence-electron chi connectivity index (χ3n) is 2.61. The van der Waals surface area contributed by atoms with Gasteiger partial charge in [0.2, 0.25) is 0 Å². The van der Waals surface area contributed by atoms with E-state index in [-0.39, 0.29) is 0 Å². The predicted octanol–water partition coefficient (Wildman–Crippen LogP) is 2.22. The summed E-state index contributed by atoms with van der Waals surface area (Å²) >= 11 is 2.02. The predicted molar refractivity (Wildman–Crippen MR) is 63.1 cm³/mol. The summed E-state index contributed by atoms with van der Waals surface area (Å²) in [7, 11) is 0. The zero-order valence-electron chi connectivity index (χ0n) is 9.16. The van der Waals surface area contributed by atoms with E-state index in [1.165, 1.54) is 17.9 Å². The molecule has 1 aromatic rings. The minimum Gasteiger partial charge on any atom is -0.360 e. The van der Waals surface area contributed by atoms with Crippen molar-refractivity contribution in [2.24, 2.45) is 0 Å². The van der Waals surface area contributed by atoms with Gasteiger partial charge >= 0.3 is 0 Å². The number of nitrogens with one attached hydrogen (secondary N) is 1. The minimum absolute atomic E-state index is 0.662. The Morgan fingerprint density at radius 2 is 2.60 bits per heavy atom. The summed E-state index contributed by atoms with van der Waals surface area (Å²) in [5.41, 5.74) is 1.08. The molecule has 15 heavy (non-hydrogen) atoms. The van der Waals surface area contributed by atoms with Crippen molar-refractivity contribution in [3.63, 3.8) is 0 Å². The van der Waals surface area contributed by atoms with Gasteiger partial charge in [-0.1, -0.05) is 18.5 Å². The van der Waals surface area contributed by atoms with Crippen molar-refractivity contribution >= 4 is 11.8 Å². The summed E-state index contributed by atoms with van der Waals surface area (Å²) in [6, 6.07) is 2.73. The van der Waals surface area contributed by atoms with Crippen LogP contribution in [-0.2, 0) is 13.0 Å². The second-order valence-electron chi connectivity index (χ2n) is 3.98. The third kappa shape index (κ3) is 3.24. The average molecular weight is 226 g/mol. The fourth-order valence-corrected chi connectivity index (χ4v) is 2.94. The van der Waals surface area contributed by atoms with Gasteiger partial charge in [-0.2, -0.15) is 11.8 Å². The first-order valence-corrected chi connectivity index (χ1v) is 6.79. The van der Waals surface area contributed by atoms with Gasteiger partial charge in [-0.15, -0.1) is 0 Å². The van der Waals surface area contributed by atoms with Crippen LogP contribution in [0.3, 0.4) is 0 Å². The molecule has 0 bridgehead atoms. The van der Waals surface area contributed by atoms with Crippen LogP contribution in [0.5, 0.6) is 0 Å². The Balaban J connectivity index is 1.77. The van der Waals surface area contributed by atoms with E-state index in [4.69, 9.17) is 4.52 Å². The number of thioether (sulfide) groups is 1. The Bertz CT molecular complexity index is 295. The highest BCUT2D eigenvalue weighted by atomic mass is 32.2. The van der Waals surface area contributed by atoms with Crippen LogP contribution in [-0.4, -0.2) is 22.7 Å². The number of nitrogens with zero attached hydrogens (tertiary/aromatic N) is 1. The maximum absolute atomic E-state index is 5.26. The smallest absolute Gasteiger partial charge is 0.150 e. The highest BCUT2D eigenvalue weighted by Gasteiger charge is 2.15. The van der Waals surface area contributed by atoms with Crippen LogP contribution in [0.2, 0.25) is 0 Å². The lowest BCUT2D eigenvalue weighted by Crippen LogP contribution is -2.27. The normalized spacial score (nSPS) is 21.0. The van der Waals surface area contributed by atoms with Crippen molar-refractivity contribution in [2.75, 3.05) is 11.5 Å². The Morgan fingerprint density at radius 1 is 1.67 bits per heavy atom. The molecule has 1 N–H and O–H groups in total. The maximum Gasteiger partial charge on any atom is 0.150 e. The van der Waals surface area contributed by atoms with Crippen LogP contribution < -0.4 is 5.32 Å². The van der Waals surface area contributed by atoms with Gasteiger partial charge in [0.15, 0.2) is 5.76 Å². The molecule has 1 aromatic heterocycles. The number of aryl methyl sites for hydroxylation is 1. The molecule has 2 rings (SSSR count). The summed E-state index contributed by atoms with van der Waals surface area (Å²) in [6.45, 7) is 2.98. The van der Waals surface area contributed by atoms with E-state index >= 15 is 0 Å². The first-order valence-electron chi connectivity index (χ1n) is 5.64. The van der Waals surface area contributed by atoms with E-state index in [0.717, 1.165) is 30.8 Å². The van der Waals surface area contributed by atoms with Gasteiger partial charge < -0.3 is 9.84 Å². The summed E-state index contributed by atoms with van der Waals surface area (Å²) in [6.07, 6.45) is 3.42. The molecule has 3 nitrogen and oxygen atoms in total. The summed E-state index contributed by atoms with van der Waals surface area (Å²) in [4.78, 5) is 0. The lowest BCUT2D eigenvalue weighted by atomic mass is 10.2. The zero-order valence-corrected chi connectivity index (χ0v) is 9.98. The molecule has 0 amide bonds. The monoisotopic (exact) mass is 226 g/mol. The van der Waals surface area contributed by atoms with Crippen LogP contribution >= 0.6 is 11.8 Å². The van der Waals surface area contributed by atoms with Gasteiger partial charge in [0, 0.05) is 17.9 Å². The molecule has 84 valence electrons. The van der Waals surface area contributed by atoms with E-state index in [1.807, 2.05) is 11.8 Å². The maximum atomic E-state index is 5.26. The lowest BCUT2D eigenvalue weighted by Gasteiger charge is -2.08. The van der Waals surface area contributed by atoms with Crippen molar-refractivity contribution in [3.05, 3.63) is 17.5 Å². The highest BCUT2D eigenvalue weighted by molar-refractivity contribution is 7.99. The molecule has 1 aliphatic rings. The van der Waals surface area contributed by atoms with Crippen LogP contribution in [0.25, 0.3) is 0 Å². The molecule has 1 atom stereocenters. The van der Waals surface area contributed by atoms with Crippen LogP contribution in [0.4, 0.5) is 0 Å². The molecular formula is C11H18N2OS. The van der Waals surface area contributed by atoms with E-state index in [0.29, 0.717) is 6.04 Å². The zero-order chi connectivity index (χ0) is 10.5. The fraction of sp³-hybridized carbons (Fsp3) is 0.727. The van der Waals surface area contributed by atoms with Crippen LogP contribution in [0.15, 0.2) is 10.6 Å². The van der Waals surface area contributed by atoms with E-state index in [9.17, 15) is 0 Å². The SMILES string of the molecule is CCCc1cc(CN[C@@H]2CCSC2)on1. The van der Waals surface area contributed by atoms with Gasteiger partial charge in [-0.05, 0) is 18.6 Å². The standard InChI is InChI=1S/C11H18N2OS/c1-2-3-9-6-11(14-13-9)7-12-10-4-5-15-8-10/h6,10,12H,2-5,7-8H2,1H3/t10-/m1/s1. The molecule has 1 aliphatic heterocycles. The third-order valence-corrected chi connectivity index (χ3v) is 3.77. The van der Waals surface area contributed by atoms with Crippen molar-refractivity contribution in [1.82, 2.24) is 10.5 Å². The number of hydrogen-bond donors (Lipinski definition) is 1. The number of aromatic nitrogens is 1. The van der Waals surface area contributed by atoms with Crippen molar-refractivity contribution in [1.29, 1.82) is 0 Å². The van der Waals surface area contributed by atoms with Crippen molar-refractivity contribution < 1.29 is 4.52 Å². The Kier molecular flexibility index (Phi) is 4.09. The number of rotatable bonds is 5. The van der Waals surface area contributed by atoms with Crippen LogP contribution in [0, 0.1) is 0 Å². The molecule has 0 saturated carbocycles. The molecule has 0 unspecified atom stereocenters. The summed E-state index contributed by atoms with van der Waals surface area (Å²) in [5.74, 6) is 3.49. The van der Waals surface area contributed by atoms with E-state index < -0.39 is 0 Å². The van der Waals surface area contributed by atoms with Crippen LogP contribution in [0.1, 0.15) is 31.2 Å².